The van der Waals surface area contributed by atoms with E-state index >= 15 is 0 Å². The molecule has 0 aliphatic carbocycles. The fourth-order valence-electron chi connectivity index (χ4n) is 3.03. The number of rotatable bonds is 7. The molecule has 1 aromatic carbocycles. The first-order valence-electron chi connectivity index (χ1n) is 9.64. The number of aromatic nitrogens is 3. The van der Waals surface area contributed by atoms with E-state index < -0.39 is 11.6 Å². The van der Waals surface area contributed by atoms with E-state index in [2.05, 4.69) is 32.6 Å². The topological polar surface area (TPSA) is 76.4 Å². The Balaban J connectivity index is 0.00000300. The molecule has 1 aromatic heterocycles. The summed E-state index contributed by atoms with van der Waals surface area (Å²) in [4.78, 5) is 9.03. The predicted octanol–water partition coefficient (Wildman–Crippen LogP) is 2.69. The van der Waals surface area contributed by atoms with Crippen molar-refractivity contribution < 1.29 is 13.5 Å². The van der Waals surface area contributed by atoms with Crippen molar-refractivity contribution in [2.45, 2.75) is 45.7 Å². The summed E-state index contributed by atoms with van der Waals surface area (Å²) in [6.45, 7) is 6.18. The van der Waals surface area contributed by atoms with E-state index in [1.165, 1.54) is 6.07 Å². The summed E-state index contributed by atoms with van der Waals surface area (Å²) in [5.74, 6) is 1.08. The molecule has 1 aliphatic heterocycles. The van der Waals surface area contributed by atoms with Crippen LogP contribution < -0.4 is 15.4 Å². The van der Waals surface area contributed by atoms with Crippen LogP contribution in [0.15, 0.2) is 23.2 Å². The van der Waals surface area contributed by atoms with Crippen LogP contribution in [0.1, 0.15) is 31.9 Å². The molecule has 7 nitrogen and oxygen atoms in total. The molecule has 2 aromatic rings. The molecule has 1 unspecified atom stereocenters. The predicted molar refractivity (Wildman–Crippen MR) is 118 cm³/mol. The minimum Gasteiger partial charge on any atom is -0.492 e. The van der Waals surface area contributed by atoms with E-state index in [1.807, 2.05) is 11.6 Å². The summed E-state index contributed by atoms with van der Waals surface area (Å²) in [7, 11) is 0. The average molecular weight is 520 g/mol. The Bertz CT molecular complexity index is 829. The quantitative estimate of drug-likeness (QED) is 0.254. The Morgan fingerprint density at radius 3 is 2.86 bits per heavy atom. The van der Waals surface area contributed by atoms with E-state index in [4.69, 9.17) is 4.74 Å². The van der Waals surface area contributed by atoms with Gasteiger partial charge in [-0.1, -0.05) is 6.92 Å². The maximum atomic E-state index is 13.2. The number of ether oxygens (including phenoxy) is 1. The number of nitrogens with zero attached hydrogens (tertiary/aromatic N) is 4. The summed E-state index contributed by atoms with van der Waals surface area (Å²) in [5, 5.41) is 11.2. The van der Waals surface area contributed by atoms with Crippen molar-refractivity contribution in [1.82, 2.24) is 25.4 Å². The highest BCUT2D eigenvalue weighted by atomic mass is 127. The van der Waals surface area contributed by atoms with Crippen molar-refractivity contribution in [2.75, 3.05) is 19.7 Å². The monoisotopic (exact) mass is 520 g/mol. The molecule has 160 valence electrons. The zero-order valence-corrected chi connectivity index (χ0v) is 19.0. The Morgan fingerprint density at radius 2 is 2.14 bits per heavy atom. The molecule has 2 heterocycles. The second-order valence-electron chi connectivity index (χ2n) is 6.54. The SMILES string of the molecule is CCNC(=NCCOc1ccc(F)c(F)c1)NC1CCc2nc(CC)nn2C1.I. The molecular formula is C19H27F2IN6O. The fraction of sp³-hybridized carbons (Fsp3) is 0.526. The molecule has 0 fully saturated rings. The van der Waals surface area contributed by atoms with E-state index in [0.717, 1.165) is 56.1 Å². The van der Waals surface area contributed by atoms with Crippen LogP contribution in [0.2, 0.25) is 0 Å². The van der Waals surface area contributed by atoms with Gasteiger partial charge in [0.25, 0.3) is 0 Å². The van der Waals surface area contributed by atoms with Crippen LogP contribution in [0.3, 0.4) is 0 Å². The third kappa shape index (κ3) is 6.51. The van der Waals surface area contributed by atoms with Crippen LogP contribution in [0.25, 0.3) is 0 Å². The maximum absolute atomic E-state index is 13.2. The Morgan fingerprint density at radius 1 is 1.31 bits per heavy atom. The molecule has 0 saturated carbocycles. The lowest BCUT2D eigenvalue weighted by molar-refractivity contribution is 0.324. The van der Waals surface area contributed by atoms with Gasteiger partial charge in [0, 0.05) is 31.5 Å². The highest BCUT2D eigenvalue weighted by molar-refractivity contribution is 14.0. The van der Waals surface area contributed by atoms with Gasteiger partial charge >= 0.3 is 0 Å². The number of hydrogen-bond acceptors (Lipinski definition) is 4. The summed E-state index contributed by atoms with van der Waals surface area (Å²) in [6, 6.07) is 3.69. The zero-order valence-electron chi connectivity index (χ0n) is 16.6. The van der Waals surface area contributed by atoms with Gasteiger partial charge in [-0.3, -0.25) is 0 Å². The first-order chi connectivity index (χ1) is 13.6. The number of fused-ring (bicyclic) bond motifs is 1. The van der Waals surface area contributed by atoms with Gasteiger partial charge in [0.05, 0.1) is 13.1 Å². The number of hydrogen-bond donors (Lipinski definition) is 2. The standard InChI is InChI=1S/C19H26F2N6O.HI/c1-3-17-25-18-8-5-13(12-27(18)26-17)24-19(22-4-2)23-9-10-28-14-6-7-15(20)16(21)11-14;/h6-7,11,13H,3-5,8-10,12H2,1-2H3,(H2,22,23,24);1H. The van der Waals surface area contributed by atoms with E-state index in [1.54, 1.807) is 0 Å². The van der Waals surface area contributed by atoms with Gasteiger partial charge in [-0.15, -0.1) is 24.0 Å². The van der Waals surface area contributed by atoms with Crippen molar-refractivity contribution in [3.05, 3.63) is 41.5 Å². The van der Waals surface area contributed by atoms with Gasteiger partial charge in [-0.05, 0) is 25.5 Å². The molecular weight excluding hydrogens is 493 g/mol. The molecule has 0 amide bonds. The number of aliphatic imine (C=N–C) groups is 1. The average Bonchev–Trinajstić information content (AvgIpc) is 3.10. The second kappa shape index (κ2) is 11.3. The fourth-order valence-corrected chi connectivity index (χ4v) is 3.03. The van der Waals surface area contributed by atoms with Crippen molar-refractivity contribution in [3.63, 3.8) is 0 Å². The third-order valence-corrected chi connectivity index (χ3v) is 4.42. The van der Waals surface area contributed by atoms with Gasteiger partial charge in [0.1, 0.15) is 18.2 Å². The number of halogens is 3. The van der Waals surface area contributed by atoms with Gasteiger partial charge < -0.3 is 15.4 Å². The van der Waals surface area contributed by atoms with Crippen molar-refractivity contribution in [1.29, 1.82) is 0 Å². The molecule has 1 aliphatic rings. The molecule has 0 bridgehead atoms. The smallest absolute Gasteiger partial charge is 0.191 e. The highest BCUT2D eigenvalue weighted by Gasteiger charge is 2.22. The van der Waals surface area contributed by atoms with E-state index in [9.17, 15) is 8.78 Å². The highest BCUT2D eigenvalue weighted by Crippen LogP contribution is 2.15. The number of nitrogens with one attached hydrogen (secondary N) is 2. The van der Waals surface area contributed by atoms with Gasteiger partial charge in [-0.25, -0.2) is 23.4 Å². The van der Waals surface area contributed by atoms with Crippen molar-refractivity contribution >= 4 is 29.9 Å². The van der Waals surface area contributed by atoms with Crippen LogP contribution in [0, 0.1) is 11.6 Å². The minimum atomic E-state index is -0.924. The zero-order chi connectivity index (χ0) is 19.9. The lowest BCUT2D eigenvalue weighted by atomic mass is 10.1. The molecule has 10 heteroatoms. The Hall–Kier alpha value is -1.98. The number of aryl methyl sites for hydroxylation is 2. The van der Waals surface area contributed by atoms with Gasteiger partial charge in [0.2, 0.25) is 0 Å². The molecule has 0 spiro atoms. The Labute approximate surface area is 186 Å². The molecule has 0 radical (unpaired) electrons. The summed E-state index contributed by atoms with van der Waals surface area (Å²) < 4.78 is 33.5. The third-order valence-electron chi connectivity index (χ3n) is 4.42. The lowest BCUT2D eigenvalue weighted by Crippen LogP contribution is -2.47. The van der Waals surface area contributed by atoms with E-state index in [-0.39, 0.29) is 42.4 Å². The second-order valence-corrected chi connectivity index (χ2v) is 6.54. The van der Waals surface area contributed by atoms with Crippen LogP contribution in [-0.2, 0) is 19.4 Å². The summed E-state index contributed by atoms with van der Waals surface area (Å²) in [6.07, 6.45) is 2.67. The molecule has 29 heavy (non-hydrogen) atoms. The maximum Gasteiger partial charge on any atom is 0.191 e. The molecule has 0 saturated heterocycles. The molecule has 1 atom stereocenters. The van der Waals surface area contributed by atoms with Crippen molar-refractivity contribution in [3.8, 4) is 5.75 Å². The number of guanidine groups is 1. The van der Waals surface area contributed by atoms with Gasteiger partial charge in [-0.2, -0.15) is 5.10 Å². The van der Waals surface area contributed by atoms with Gasteiger partial charge in [0.15, 0.2) is 23.4 Å². The normalized spacial score (nSPS) is 16.0. The Kier molecular flexibility index (Phi) is 9.05. The largest absolute Gasteiger partial charge is 0.492 e. The van der Waals surface area contributed by atoms with Crippen LogP contribution in [0.4, 0.5) is 8.78 Å². The first-order valence-corrected chi connectivity index (χ1v) is 9.64. The van der Waals surface area contributed by atoms with Crippen molar-refractivity contribution in [2.24, 2.45) is 4.99 Å². The minimum absolute atomic E-state index is 0. The van der Waals surface area contributed by atoms with Crippen LogP contribution in [-0.4, -0.2) is 46.5 Å². The summed E-state index contributed by atoms with van der Waals surface area (Å²) in [5.41, 5.74) is 0. The van der Waals surface area contributed by atoms with Crippen LogP contribution in [0.5, 0.6) is 5.75 Å². The van der Waals surface area contributed by atoms with Crippen LogP contribution >= 0.6 is 24.0 Å². The first kappa shape index (κ1) is 23.3. The van der Waals surface area contributed by atoms with E-state index in [0.29, 0.717) is 12.5 Å². The molecule has 3 rings (SSSR count). The number of benzene rings is 1. The lowest BCUT2D eigenvalue weighted by Gasteiger charge is -2.25. The summed E-state index contributed by atoms with van der Waals surface area (Å²) >= 11 is 0. The molecule has 2 N–H and O–H groups in total.